The maximum Gasteiger partial charge on any atom is 0.412 e. The Bertz CT molecular complexity index is 1190. The van der Waals surface area contributed by atoms with E-state index in [0.29, 0.717) is 16.4 Å². The van der Waals surface area contributed by atoms with E-state index in [1.54, 1.807) is 13.0 Å². The van der Waals surface area contributed by atoms with Crippen molar-refractivity contribution in [3.63, 3.8) is 0 Å². The molecule has 1 saturated heterocycles. The first kappa shape index (κ1) is 24.6. The van der Waals surface area contributed by atoms with Gasteiger partial charge in [-0.1, -0.05) is 41.9 Å². The highest BCUT2D eigenvalue weighted by molar-refractivity contribution is 6.31. The Balaban J connectivity index is 1.37. The molecule has 9 heteroatoms. The molecule has 4 rings (SSSR count). The number of carboxylic acid groups (broad SMARTS) is 1. The summed E-state index contributed by atoms with van der Waals surface area (Å²) in [5.74, 6) is -0.616. The Morgan fingerprint density at radius 3 is 2.54 bits per heavy atom. The van der Waals surface area contributed by atoms with E-state index in [2.05, 4.69) is 20.4 Å². The molecule has 1 atom stereocenters. The molecule has 3 aromatic rings. The van der Waals surface area contributed by atoms with Crippen molar-refractivity contribution in [2.75, 3.05) is 23.3 Å². The van der Waals surface area contributed by atoms with Crippen molar-refractivity contribution in [2.24, 2.45) is 0 Å². The van der Waals surface area contributed by atoms with Crippen LogP contribution in [0.3, 0.4) is 0 Å². The number of ether oxygens (including phenoxy) is 1. The molecule has 1 aromatic heterocycles. The van der Waals surface area contributed by atoms with Crippen LogP contribution in [0.25, 0.3) is 0 Å². The van der Waals surface area contributed by atoms with Gasteiger partial charge in [0.25, 0.3) is 0 Å². The van der Waals surface area contributed by atoms with Gasteiger partial charge >= 0.3 is 12.1 Å². The number of carboxylic acids is 1. The number of nitrogens with one attached hydrogen (secondary N) is 2. The van der Waals surface area contributed by atoms with E-state index in [9.17, 15) is 9.59 Å². The van der Waals surface area contributed by atoms with E-state index < -0.39 is 18.2 Å². The van der Waals surface area contributed by atoms with Gasteiger partial charge in [0, 0.05) is 35.3 Å². The highest BCUT2D eigenvalue weighted by Crippen LogP contribution is 2.35. The van der Waals surface area contributed by atoms with Gasteiger partial charge in [-0.2, -0.15) is 5.10 Å². The Hall–Kier alpha value is -3.52. The van der Waals surface area contributed by atoms with Crippen LogP contribution < -0.4 is 10.2 Å². The average molecular weight is 497 g/mol. The summed E-state index contributed by atoms with van der Waals surface area (Å²) in [6, 6.07) is 15.0. The van der Waals surface area contributed by atoms with Gasteiger partial charge in [-0.05, 0) is 50.5 Å². The standard InChI is InChI=1S/C26H29ClN4O4/c1-16-24(28-26(34)35-17(2)21-5-3-4-6-22(21)27)25(30-29-16)19-11-13-31(14-12-19)20-9-7-18(8-10-20)15-23(32)33/h3-10,17,19H,11-15H2,1-2H3,(H,28,34)(H,29,30)(H,32,33). The van der Waals surface area contributed by atoms with Crippen LogP contribution in [0.15, 0.2) is 48.5 Å². The van der Waals surface area contributed by atoms with Crippen molar-refractivity contribution in [1.29, 1.82) is 0 Å². The van der Waals surface area contributed by atoms with Gasteiger partial charge in [-0.3, -0.25) is 15.2 Å². The molecule has 2 aromatic carbocycles. The Morgan fingerprint density at radius 2 is 1.89 bits per heavy atom. The van der Waals surface area contributed by atoms with Crippen LogP contribution in [0.4, 0.5) is 16.2 Å². The van der Waals surface area contributed by atoms with Gasteiger partial charge in [0.05, 0.1) is 23.5 Å². The summed E-state index contributed by atoms with van der Waals surface area (Å²) in [6.07, 6.45) is 0.750. The largest absolute Gasteiger partial charge is 0.481 e. The van der Waals surface area contributed by atoms with Crippen LogP contribution in [-0.2, 0) is 16.0 Å². The number of nitrogens with zero attached hydrogens (tertiary/aromatic N) is 2. The summed E-state index contributed by atoms with van der Waals surface area (Å²) in [5, 5.41) is 19.8. The summed E-state index contributed by atoms with van der Waals surface area (Å²) in [5.41, 5.74) is 4.89. The zero-order valence-corrected chi connectivity index (χ0v) is 20.5. The number of hydrogen-bond acceptors (Lipinski definition) is 5. The topological polar surface area (TPSA) is 108 Å². The average Bonchev–Trinajstić information content (AvgIpc) is 3.19. The molecule has 1 aliphatic rings. The Morgan fingerprint density at radius 1 is 1.20 bits per heavy atom. The first-order valence-corrected chi connectivity index (χ1v) is 12.0. The highest BCUT2D eigenvalue weighted by Gasteiger charge is 2.27. The number of hydrogen-bond donors (Lipinski definition) is 3. The normalized spacial score (nSPS) is 15.0. The third-order valence-corrected chi connectivity index (χ3v) is 6.73. The van der Waals surface area contributed by atoms with E-state index in [4.69, 9.17) is 21.4 Å². The Labute approximate surface area is 209 Å². The molecule has 0 radical (unpaired) electrons. The molecule has 0 bridgehead atoms. The summed E-state index contributed by atoms with van der Waals surface area (Å²) in [6.45, 7) is 5.32. The van der Waals surface area contributed by atoms with Gasteiger partial charge in [0.15, 0.2) is 0 Å². The number of carbonyl (C=O) groups excluding carboxylic acids is 1. The monoisotopic (exact) mass is 496 g/mol. The van der Waals surface area contributed by atoms with Gasteiger partial charge < -0.3 is 14.7 Å². The quantitative estimate of drug-likeness (QED) is 0.387. The third kappa shape index (κ3) is 5.95. The van der Waals surface area contributed by atoms with Crippen molar-refractivity contribution in [3.8, 4) is 0 Å². The summed E-state index contributed by atoms with van der Waals surface area (Å²) in [7, 11) is 0. The maximum atomic E-state index is 12.7. The van der Waals surface area contributed by atoms with Crippen molar-refractivity contribution in [2.45, 2.75) is 45.1 Å². The summed E-state index contributed by atoms with van der Waals surface area (Å²) >= 11 is 6.23. The number of aromatic amines is 1. The van der Waals surface area contributed by atoms with Crippen molar-refractivity contribution in [1.82, 2.24) is 10.2 Å². The van der Waals surface area contributed by atoms with Crippen LogP contribution in [0, 0.1) is 6.92 Å². The highest BCUT2D eigenvalue weighted by atomic mass is 35.5. The fraction of sp³-hybridized carbons (Fsp3) is 0.346. The minimum absolute atomic E-state index is 0.0247. The predicted octanol–water partition coefficient (Wildman–Crippen LogP) is 5.69. The number of aliphatic carboxylic acids is 1. The van der Waals surface area contributed by atoms with Gasteiger partial charge in [0.1, 0.15) is 6.10 Å². The van der Waals surface area contributed by atoms with Gasteiger partial charge in [-0.25, -0.2) is 4.79 Å². The molecule has 2 heterocycles. The number of piperidine rings is 1. The number of benzene rings is 2. The third-order valence-electron chi connectivity index (χ3n) is 6.39. The minimum Gasteiger partial charge on any atom is -0.481 e. The first-order valence-electron chi connectivity index (χ1n) is 11.6. The number of rotatable bonds is 7. The second-order valence-corrected chi connectivity index (χ2v) is 9.20. The zero-order chi connectivity index (χ0) is 24.9. The SMILES string of the molecule is Cc1n[nH]c(C2CCN(c3ccc(CC(=O)O)cc3)CC2)c1NC(=O)OC(C)c1ccccc1Cl. The van der Waals surface area contributed by atoms with E-state index in [1.807, 2.05) is 49.4 Å². The molecule has 1 fully saturated rings. The lowest BCUT2D eigenvalue weighted by Gasteiger charge is -2.33. The smallest absolute Gasteiger partial charge is 0.412 e. The molecule has 35 heavy (non-hydrogen) atoms. The van der Waals surface area contributed by atoms with Gasteiger partial charge in [-0.15, -0.1) is 0 Å². The van der Waals surface area contributed by atoms with Crippen molar-refractivity contribution >= 4 is 35.0 Å². The summed E-state index contributed by atoms with van der Waals surface area (Å²) < 4.78 is 5.58. The van der Waals surface area contributed by atoms with E-state index >= 15 is 0 Å². The molecular formula is C26H29ClN4O4. The zero-order valence-electron chi connectivity index (χ0n) is 19.8. The molecule has 1 unspecified atom stereocenters. The van der Waals surface area contributed by atoms with Crippen LogP contribution in [0.5, 0.6) is 0 Å². The lowest BCUT2D eigenvalue weighted by atomic mass is 9.92. The summed E-state index contributed by atoms with van der Waals surface area (Å²) in [4.78, 5) is 25.8. The first-order chi connectivity index (χ1) is 16.8. The van der Waals surface area contributed by atoms with Crippen LogP contribution in [0.2, 0.25) is 5.02 Å². The molecule has 0 aliphatic carbocycles. The molecule has 1 aliphatic heterocycles. The van der Waals surface area contributed by atoms with E-state index in [-0.39, 0.29) is 12.3 Å². The van der Waals surface area contributed by atoms with Crippen molar-refractivity contribution in [3.05, 3.63) is 76.1 Å². The fourth-order valence-corrected chi connectivity index (χ4v) is 4.78. The van der Waals surface area contributed by atoms with Crippen LogP contribution >= 0.6 is 11.6 Å². The lowest BCUT2D eigenvalue weighted by Crippen LogP contribution is -2.33. The minimum atomic E-state index is -0.833. The van der Waals surface area contributed by atoms with Crippen LogP contribution in [-0.4, -0.2) is 40.5 Å². The second-order valence-electron chi connectivity index (χ2n) is 8.79. The Kier molecular flexibility index (Phi) is 7.60. The van der Waals surface area contributed by atoms with Crippen LogP contribution in [0.1, 0.15) is 54.3 Å². The number of H-pyrrole nitrogens is 1. The second kappa shape index (κ2) is 10.8. The number of amides is 1. The van der Waals surface area contributed by atoms with E-state index in [1.165, 1.54) is 0 Å². The molecule has 8 nitrogen and oxygen atoms in total. The fourth-order valence-electron chi connectivity index (χ4n) is 4.49. The number of carbonyl (C=O) groups is 2. The molecule has 184 valence electrons. The molecule has 0 spiro atoms. The molecule has 1 amide bonds. The number of anilines is 2. The molecular weight excluding hydrogens is 468 g/mol. The molecule has 0 saturated carbocycles. The molecule has 3 N–H and O–H groups in total. The lowest BCUT2D eigenvalue weighted by molar-refractivity contribution is -0.136. The maximum absolute atomic E-state index is 12.7. The van der Waals surface area contributed by atoms with E-state index in [0.717, 1.165) is 48.4 Å². The van der Waals surface area contributed by atoms with Crippen molar-refractivity contribution < 1.29 is 19.4 Å². The number of aromatic nitrogens is 2. The number of halogens is 1. The van der Waals surface area contributed by atoms with Gasteiger partial charge in [0.2, 0.25) is 0 Å². The number of aryl methyl sites for hydroxylation is 1. The predicted molar refractivity (Wildman–Crippen MR) is 135 cm³/mol.